The van der Waals surface area contributed by atoms with E-state index in [4.69, 9.17) is 31.7 Å². The highest BCUT2D eigenvalue weighted by molar-refractivity contribution is 6.31. The van der Waals surface area contributed by atoms with Crippen molar-refractivity contribution in [3.8, 4) is 5.88 Å². The van der Waals surface area contributed by atoms with E-state index in [9.17, 15) is 0 Å². The highest BCUT2D eigenvalue weighted by atomic mass is 35.5. The van der Waals surface area contributed by atoms with E-state index in [-0.39, 0.29) is 11.8 Å². The van der Waals surface area contributed by atoms with E-state index in [0.29, 0.717) is 31.5 Å². The van der Waals surface area contributed by atoms with Gasteiger partial charge in [-0.25, -0.2) is 10.8 Å². The van der Waals surface area contributed by atoms with Crippen molar-refractivity contribution in [2.45, 2.75) is 6.42 Å². The van der Waals surface area contributed by atoms with Crippen molar-refractivity contribution in [1.29, 1.82) is 0 Å². The molecule has 0 aliphatic heterocycles. The van der Waals surface area contributed by atoms with Gasteiger partial charge < -0.3 is 14.2 Å². The molecule has 18 heavy (non-hydrogen) atoms. The van der Waals surface area contributed by atoms with Crippen LogP contribution >= 0.6 is 11.6 Å². The van der Waals surface area contributed by atoms with Crippen LogP contribution in [0.5, 0.6) is 5.88 Å². The molecule has 7 nitrogen and oxygen atoms in total. The van der Waals surface area contributed by atoms with Gasteiger partial charge >= 0.3 is 0 Å². The van der Waals surface area contributed by atoms with E-state index in [0.717, 1.165) is 6.42 Å². The highest BCUT2D eigenvalue weighted by Gasteiger charge is 2.05. The molecule has 0 radical (unpaired) electrons. The molecule has 0 amide bonds. The van der Waals surface area contributed by atoms with Gasteiger partial charge in [0.2, 0.25) is 11.8 Å². The molecule has 0 bridgehead atoms. The van der Waals surface area contributed by atoms with Crippen molar-refractivity contribution in [1.82, 2.24) is 9.97 Å². The van der Waals surface area contributed by atoms with Gasteiger partial charge in [-0.2, -0.15) is 4.98 Å². The Morgan fingerprint density at radius 1 is 1.33 bits per heavy atom. The van der Waals surface area contributed by atoms with Crippen molar-refractivity contribution in [3.63, 3.8) is 0 Å². The zero-order chi connectivity index (χ0) is 13.2. The normalized spacial score (nSPS) is 10.4. The maximum Gasteiger partial charge on any atom is 0.240 e. The molecule has 0 spiro atoms. The van der Waals surface area contributed by atoms with Crippen LogP contribution in [0, 0.1) is 0 Å². The molecule has 0 saturated heterocycles. The standard InChI is InChI=1S/C10H17ClN4O3/c1-16-3-2-4-17-5-6-18-9-8(11)7-13-10(14-9)15-12/h7H,2-6,12H2,1H3,(H,13,14,15). The summed E-state index contributed by atoms with van der Waals surface area (Å²) in [6.07, 6.45) is 2.27. The summed E-state index contributed by atoms with van der Waals surface area (Å²) in [6.45, 7) is 2.12. The number of nitrogens with one attached hydrogen (secondary N) is 1. The first kappa shape index (κ1) is 14.9. The van der Waals surface area contributed by atoms with Gasteiger partial charge in [0.05, 0.1) is 12.8 Å². The minimum absolute atomic E-state index is 0.246. The number of hydrazine groups is 1. The lowest BCUT2D eigenvalue weighted by Crippen LogP contribution is -2.13. The molecule has 0 aromatic carbocycles. The third-order valence-corrected chi connectivity index (χ3v) is 2.20. The van der Waals surface area contributed by atoms with Gasteiger partial charge in [0, 0.05) is 20.3 Å². The average molecular weight is 277 g/mol. The number of halogens is 1. The molecular weight excluding hydrogens is 260 g/mol. The molecule has 0 aliphatic carbocycles. The Kier molecular flexibility index (Phi) is 7.35. The van der Waals surface area contributed by atoms with Gasteiger partial charge in [-0.1, -0.05) is 11.6 Å². The van der Waals surface area contributed by atoms with Crippen LogP contribution < -0.4 is 16.0 Å². The van der Waals surface area contributed by atoms with Crippen molar-refractivity contribution >= 4 is 17.5 Å². The minimum atomic E-state index is 0.246. The SMILES string of the molecule is COCCCOCCOc1nc(NN)ncc1Cl. The predicted octanol–water partition coefficient (Wildman–Crippen LogP) is 0.848. The third kappa shape index (κ3) is 5.46. The van der Waals surface area contributed by atoms with E-state index in [2.05, 4.69) is 15.4 Å². The second kappa shape index (κ2) is 8.87. The number of methoxy groups -OCH3 is 1. The molecule has 1 rings (SSSR count). The molecule has 0 fully saturated rings. The lowest BCUT2D eigenvalue weighted by molar-refractivity contribution is 0.0796. The fourth-order valence-corrected chi connectivity index (χ4v) is 1.27. The number of nitrogens with two attached hydrogens (primary N) is 1. The van der Waals surface area contributed by atoms with Crippen LogP contribution in [0.2, 0.25) is 5.02 Å². The van der Waals surface area contributed by atoms with Crippen LogP contribution in [-0.2, 0) is 9.47 Å². The van der Waals surface area contributed by atoms with Crippen LogP contribution in [0.25, 0.3) is 0 Å². The fraction of sp³-hybridized carbons (Fsp3) is 0.600. The first-order valence-corrected chi connectivity index (χ1v) is 5.84. The molecule has 1 aromatic rings. The number of aromatic nitrogens is 2. The van der Waals surface area contributed by atoms with Crippen LogP contribution in [-0.4, -0.2) is 43.5 Å². The Balaban J connectivity index is 2.22. The van der Waals surface area contributed by atoms with E-state index in [1.54, 1.807) is 7.11 Å². The zero-order valence-corrected chi connectivity index (χ0v) is 10.9. The first-order chi connectivity index (χ1) is 8.77. The van der Waals surface area contributed by atoms with Gasteiger partial charge in [-0.15, -0.1) is 0 Å². The summed E-state index contributed by atoms with van der Waals surface area (Å²) in [5.41, 5.74) is 2.31. The Morgan fingerprint density at radius 2 is 2.17 bits per heavy atom. The van der Waals surface area contributed by atoms with Crippen LogP contribution in [0.1, 0.15) is 6.42 Å². The Bertz CT molecular complexity index is 354. The third-order valence-electron chi connectivity index (χ3n) is 1.94. The summed E-state index contributed by atoms with van der Waals surface area (Å²) in [5.74, 6) is 5.71. The molecule has 1 heterocycles. The molecule has 0 aliphatic rings. The Morgan fingerprint density at radius 3 is 2.89 bits per heavy atom. The summed E-state index contributed by atoms with van der Waals surface area (Å²) < 4.78 is 15.6. The molecular formula is C10H17ClN4O3. The van der Waals surface area contributed by atoms with Crippen molar-refractivity contribution in [3.05, 3.63) is 11.2 Å². The fourth-order valence-electron chi connectivity index (χ4n) is 1.13. The van der Waals surface area contributed by atoms with E-state index >= 15 is 0 Å². The number of anilines is 1. The number of rotatable bonds is 9. The molecule has 102 valence electrons. The lowest BCUT2D eigenvalue weighted by Gasteiger charge is -2.08. The van der Waals surface area contributed by atoms with E-state index in [1.807, 2.05) is 0 Å². The zero-order valence-electron chi connectivity index (χ0n) is 10.2. The van der Waals surface area contributed by atoms with Crippen molar-refractivity contribution in [2.24, 2.45) is 5.84 Å². The van der Waals surface area contributed by atoms with Crippen LogP contribution in [0.3, 0.4) is 0 Å². The Labute approximate surface area is 111 Å². The number of hydrogen-bond acceptors (Lipinski definition) is 7. The molecule has 8 heteroatoms. The van der Waals surface area contributed by atoms with Gasteiger partial charge in [0.1, 0.15) is 11.6 Å². The number of hydrogen-bond donors (Lipinski definition) is 2. The molecule has 1 aromatic heterocycles. The summed E-state index contributed by atoms with van der Waals surface area (Å²) in [6, 6.07) is 0. The van der Waals surface area contributed by atoms with Crippen LogP contribution in [0.4, 0.5) is 5.95 Å². The maximum atomic E-state index is 5.86. The van der Waals surface area contributed by atoms with Gasteiger partial charge in [-0.3, -0.25) is 5.43 Å². The molecule has 3 N–H and O–H groups in total. The second-order valence-electron chi connectivity index (χ2n) is 3.30. The topological polar surface area (TPSA) is 91.5 Å². The smallest absolute Gasteiger partial charge is 0.240 e. The summed E-state index contributed by atoms with van der Waals surface area (Å²) in [4.78, 5) is 7.79. The first-order valence-electron chi connectivity index (χ1n) is 5.46. The van der Waals surface area contributed by atoms with Gasteiger partial charge in [-0.05, 0) is 6.42 Å². The highest BCUT2D eigenvalue weighted by Crippen LogP contribution is 2.21. The lowest BCUT2D eigenvalue weighted by atomic mass is 10.5. The predicted molar refractivity (Wildman–Crippen MR) is 67.7 cm³/mol. The minimum Gasteiger partial charge on any atom is -0.474 e. The van der Waals surface area contributed by atoms with Crippen molar-refractivity contribution < 1.29 is 14.2 Å². The van der Waals surface area contributed by atoms with Gasteiger partial charge in [0.25, 0.3) is 0 Å². The number of ether oxygens (including phenoxy) is 3. The van der Waals surface area contributed by atoms with E-state index in [1.165, 1.54) is 6.20 Å². The quantitative estimate of drug-likeness (QED) is 0.392. The van der Waals surface area contributed by atoms with Crippen LogP contribution in [0.15, 0.2) is 6.20 Å². The average Bonchev–Trinajstić information content (AvgIpc) is 2.39. The second-order valence-corrected chi connectivity index (χ2v) is 3.71. The maximum absolute atomic E-state index is 5.86. The largest absolute Gasteiger partial charge is 0.474 e. The number of nitrogens with zero attached hydrogens (tertiary/aromatic N) is 2. The summed E-state index contributed by atoms with van der Waals surface area (Å²) in [5, 5.41) is 0.327. The molecule has 0 unspecified atom stereocenters. The van der Waals surface area contributed by atoms with E-state index < -0.39 is 0 Å². The van der Waals surface area contributed by atoms with Crippen molar-refractivity contribution in [2.75, 3.05) is 39.0 Å². The number of nitrogen functional groups attached to an aromatic ring is 1. The monoisotopic (exact) mass is 276 g/mol. The summed E-state index contributed by atoms with van der Waals surface area (Å²) >= 11 is 5.86. The molecule has 0 saturated carbocycles. The van der Waals surface area contributed by atoms with Gasteiger partial charge in [0.15, 0.2) is 0 Å². The Hall–Kier alpha value is -1.15. The summed E-state index contributed by atoms with van der Waals surface area (Å²) in [7, 11) is 1.66. The molecule has 0 atom stereocenters.